The molecule has 0 bridgehead atoms. The number of nitrogens with zero attached hydrogens (tertiary/aromatic N) is 2. The quantitative estimate of drug-likeness (QED) is 0.680. The van der Waals surface area contributed by atoms with Crippen LogP contribution in [0.2, 0.25) is 0 Å². The molecule has 1 heterocycles. The molecule has 0 unspecified atom stereocenters. The Hall–Kier alpha value is -3.35. The molecule has 0 atom stereocenters. The van der Waals surface area contributed by atoms with E-state index >= 15 is 0 Å². The molecule has 1 aromatic heterocycles. The van der Waals surface area contributed by atoms with E-state index in [1.807, 2.05) is 24.3 Å². The third-order valence-electron chi connectivity index (χ3n) is 4.55. The number of carbonyl (C=O) groups excluding carboxylic acids is 1. The van der Waals surface area contributed by atoms with Gasteiger partial charge in [-0.25, -0.2) is 4.98 Å². The largest absolute Gasteiger partial charge is 0.493 e. The van der Waals surface area contributed by atoms with Gasteiger partial charge in [0.1, 0.15) is 5.82 Å². The molecule has 3 aromatic rings. The number of carbonyl (C=O) groups is 1. The van der Waals surface area contributed by atoms with Crippen LogP contribution in [0.5, 0.6) is 11.5 Å². The standard InChI is InChI=1S/C21H23N3O4/c1-24(13-19-22-16-7-5-4-6-15(16)21(26)23-19)20(25)11-9-14-8-10-17(27-2)18(12-14)28-3/h4-8,10,12H,9,11,13H2,1-3H3,(H,22,23,26). The molecule has 0 saturated carbocycles. The first-order valence-corrected chi connectivity index (χ1v) is 8.94. The summed E-state index contributed by atoms with van der Waals surface area (Å²) < 4.78 is 10.5. The smallest absolute Gasteiger partial charge is 0.258 e. The van der Waals surface area contributed by atoms with Crippen molar-refractivity contribution in [1.29, 1.82) is 0 Å². The van der Waals surface area contributed by atoms with Crippen LogP contribution in [0, 0.1) is 0 Å². The first-order valence-electron chi connectivity index (χ1n) is 8.94. The van der Waals surface area contributed by atoms with E-state index in [-0.39, 0.29) is 18.0 Å². The summed E-state index contributed by atoms with van der Waals surface area (Å²) in [6, 6.07) is 12.7. The van der Waals surface area contributed by atoms with Crippen molar-refractivity contribution < 1.29 is 14.3 Å². The summed E-state index contributed by atoms with van der Waals surface area (Å²) >= 11 is 0. The van der Waals surface area contributed by atoms with Gasteiger partial charge in [0, 0.05) is 13.5 Å². The van der Waals surface area contributed by atoms with Crippen LogP contribution < -0.4 is 15.0 Å². The Morgan fingerprint density at radius 1 is 1.11 bits per heavy atom. The molecule has 1 N–H and O–H groups in total. The Balaban J connectivity index is 1.64. The number of amides is 1. The number of aromatic amines is 1. The van der Waals surface area contributed by atoms with E-state index in [0.29, 0.717) is 41.1 Å². The fourth-order valence-corrected chi connectivity index (χ4v) is 3.00. The van der Waals surface area contributed by atoms with Crippen LogP contribution in [-0.2, 0) is 17.8 Å². The van der Waals surface area contributed by atoms with Crippen LogP contribution in [0.1, 0.15) is 17.8 Å². The van der Waals surface area contributed by atoms with E-state index < -0.39 is 0 Å². The highest BCUT2D eigenvalue weighted by Gasteiger charge is 2.13. The van der Waals surface area contributed by atoms with E-state index in [1.54, 1.807) is 44.4 Å². The van der Waals surface area contributed by atoms with Gasteiger partial charge in [-0.3, -0.25) is 9.59 Å². The molecule has 7 nitrogen and oxygen atoms in total. The highest BCUT2D eigenvalue weighted by molar-refractivity contribution is 5.78. The molecule has 0 fully saturated rings. The average Bonchev–Trinajstić information content (AvgIpc) is 2.71. The number of hydrogen-bond acceptors (Lipinski definition) is 5. The first-order chi connectivity index (χ1) is 13.5. The van der Waals surface area contributed by atoms with Gasteiger partial charge in [0.05, 0.1) is 31.7 Å². The van der Waals surface area contributed by atoms with E-state index in [1.165, 1.54) is 0 Å². The van der Waals surface area contributed by atoms with E-state index in [4.69, 9.17) is 9.47 Å². The molecule has 2 aromatic carbocycles. The maximum atomic E-state index is 12.5. The van der Waals surface area contributed by atoms with Gasteiger partial charge in [-0.15, -0.1) is 0 Å². The van der Waals surface area contributed by atoms with Crippen molar-refractivity contribution in [3.05, 3.63) is 64.2 Å². The van der Waals surface area contributed by atoms with Crippen LogP contribution >= 0.6 is 0 Å². The van der Waals surface area contributed by atoms with Gasteiger partial charge in [0.2, 0.25) is 5.91 Å². The zero-order valence-electron chi connectivity index (χ0n) is 16.2. The fourth-order valence-electron chi connectivity index (χ4n) is 3.00. The number of rotatable bonds is 7. The van der Waals surface area contributed by atoms with Crippen molar-refractivity contribution in [2.45, 2.75) is 19.4 Å². The minimum absolute atomic E-state index is 0.0365. The first kappa shape index (κ1) is 19.4. The van der Waals surface area contributed by atoms with Crippen LogP contribution in [0.25, 0.3) is 10.9 Å². The summed E-state index contributed by atoms with van der Waals surface area (Å²) in [7, 11) is 4.87. The van der Waals surface area contributed by atoms with Crippen molar-refractivity contribution in [2.24, 2.45) is 0 Å². The fraction of sp³-hybridized carbons (Fsp3) is 0.286. The predicted octanol–water partition coefficient (Wildman–Crippen LogP) is 2.53. The number of aryl methyl sites for hydroxylation is 1. The van der Waals surface area contributed by atoms with Gasteiger partial charge in [0.15, 0.2) is 11.5 Å². The monoisotopic (exact) mass is 381 g/mol. The third kappa shape index (κ3) is 4.31. The summed E-state index contributed by atoms with van der Waals surface area (Å²) in [5.74, 6) is 1.72. The van der Waals surface area contributed by atoms with Gasteiger partial charge >= 0.3 is 0 Å². The Bertz CT molecular complexity index is 1050. The number of aromatic nitrogens is 2. The Morgan fingerprint density at radius 3 is 2.61 bits per heavy atom. The number of fused-ring (bicyclic) bond motifs is 1. The normalized spacial score (nSPS) is 10.7. The maximum Gasteiger partial charge on any atom is 0.258 e. The predicted molar refractivity (Wildman–Crippen MR) is 107 cm³/mol. The number of hydrogen-bond donors (Lipinski definition) is 1. The SMILES string of the molecule is COc1ccc(CCC(=O)N(C)Cc2nc3ccccc3c(=O)[nH]2)cc1OC. The molecule has 28 heavy (non-hydrogen) atoms. The minimum Gasteiger partial charge on any atom is -0.493 e. The van der Waals surface area contributed by atoms with Gasteiger partial charge in [-0.2, -0.15) is 0 Å². The highest BCUT2D eigenvalue weighted by atomic mass is 16.5. The second-order valence-electron chi connectivity index (χ2n) is 6.47. The minimum atomic E-state index is -0.202. The van der Waals surface area contributed by atoms with Gasteiger partial charge in [-0.05, 0) is 36.2 Å². The van der Waals surface area contributed by atoms with Crippen LogP contribution in [0.4, 0.5) is 0 Å². The van der Waals surface area contributed by atoms with E-state index in [2.05, 4.69) is 9.97 Å². The number of H-pyrrole nitrogens is 1. The van der Waals surface area contributed by atoms with Crippen LogP contribution in [-0.4, -0.2) is 42.0 Å². The zero-order valence-corrected chi connectivity index (χ0v) is 16.2. The molecule has 7 heteroatoms. The molecular weight excluding hydrogens is 358 g/mol. The summed E-state index contributed by atoms with van der Waals surface area (Å²) in [6.45, 7) is 0.241. The Kier molecular flexibility index (Phi) is 5.93. The molecular formula is C21H23N3O4. The lowest BCUT2D eigenvalue weighted by Crippen LogP contribution is -2.28. The molecule has 0 aliphatic carbocycles. The van der Waals surface area contributed by atoms with E-state index in [9.17, 15) is 9.59 Å². The summed E-state index contributed by atoms with van der Waals surface area (Å²) in [6.07, 6.45) is 0.912. The summed E-state index contributed by atoms with van der Waals surface area (Å²) in [4.78, 5) is 33.4. The summed E-state index contributed by atoms with van der Waals surface area (Å²) in [5, 5.41) is 0.536. The number of para-hydroxylation sites is 1. The zero-order chi connectivity index (χ0) is 20.1. The molecule has 0 saturated heterocycles. The maximum absolute atomic E-state index is 12.5. The molecule has 3 rings (SSSR count). The van der Waals surface area contributed by atoms with Crippen molar-refractivity contribution in [1.82, 2.24) is 14.9 Å². The van der Waals surface area contributed by atoms with Gasteiger partial charge < -0.3 is 19.4 Å². The van der Waals surface area contributed by atoms with Gasteiger partial charge in [0.25, 0.3) is 5.56 Å². The van der Waals surface area contributed by atoms with Crippen LogP contribution in [0.15, 0.2) is 47.3 Å². The topological polar surface area (TPSA) is 84.5 Å². The molecule has 0 spiro atoms. The number of benzene rings is 2. The van der Waals surface area contributed by atoms with Crippen LogP contribution in [0.3, 0.4) is 0 Å². The highest BCUT2D eigenvalue weighted by Crippen LogP contribution is 2.28. The number of methoxy groups -OCH3 is 2. The van der Waals surface area contributed by atoms with Crippen molar-refractivity contribution >= 4 is 16.8 Å². The van der Waals surface area contributed by atoms with Gasteiger partial charge in [-0.1, -0.05) is 18.2 Å². The molecule has 0 aliphatic heterocycles. The molecule has 0 aliphatic rings. The lowest BCUT2D eigenvalue weighted by Gasteiger charge is -2.17. The van der Waals surface area contributed by atoms with Crippen molar-refractivity contribution in [3.63, 3.8) is 0 Å². The molecule has 0 radical (unpaired) electrons. The summed E-state index contributed by atoms with van der Waals surface area (Å²) in [5.41, 5.74) is 1.40. The van der Waals surface area contributed by atoms with Crippen molar-refractivity contribution in [3.8, 4) is 11.5 Å². The second kappa shape index (κ2) is 8.56. The number of ether oxygens (including phenoxy) is 2. The van der Waals surface area contributed by atoms with E-state index in [0.717, 1.165) is 5.56 Å². The lowest BCUT2D eigenvalue weighted by atomic mass is 10.1. The average molecular weight is 381 g/mol. The lowest BCUT2D eigenvalue weighted by molar-refractivity contribution is -0.130. The molecule has 146 valence electrons. The third-order valence-corrected chi connectivity index (χ3v) is 4.55. The molecule has 1 amide bonds. The Labute approximate surface area is 162 Å². The van der Waals surface area contributed by atoms with Crippen molar-refractivity contribution in [2.75, 3.05) is 21.3 Å². The number of nitrogens with one attached hydrogen (secondary N) is 1. The Morgan fingerprint density at radius 2 is 1.86 bits per heavy atom. The second-order valence-corrected chi connectivity index (χ2v) is 6.47.